The summed E-state index contributed by atoms with van der Waals surface area (Å²) in [6.07, 6.45) is 3.43. The molecule has 4 aromatic rings. The summed E-state index contributed by atoms with van der Waals surface area (Å²) in [6.45, 7) is 3.25. The van der Waals surface area contributed by atoms with E-state index in [2.05, 4.69) is 43.3 Å². The van der Waals surface area contributed by atoms with Crippen LogP contribution in [-0.4, -0.2) is 49.7 Å². The summed E-state index contributed by atoms with van der Waals surface area (Å²) in [5, 5.41) is 7.90. The zero-order valence-corrected chi connectivity index (χ0v) is 16.7. The van der Waals surface area contributed by atoms with E-state index in [-0.39, 0.29) is 5.56 Å². The SMILES string of the molecule is O=c1[nH]nc(-c2ccncc2)cc1-c1cc2ccc(CN3CCSCC3)cc2[nH]1. The van der Waals surface area contributed by atoms with Gasteiger partial charge in [0.25, 0.3) is 5.56 Å². The van der Waals surface area contributed by atoms with Gasteiger partial charge in [0.1, 0.15) is 0 Å². The first kappa shape index (κ1) is 18.1. The molecule has 0 spiro atoms. The minimum Gasteiger partial charge on any atom is -0.354 e. The van der Waals surface area contributed by atoms with Gasteiger partial charge in [-0.25, -0.2) is 5.10 Å². The van der Waals surface area contributed by atoms with Crippen LogP contribution in [0.15, 0.2) is 59.7 Å². The van der Waals surface area contributed by atoms with Crippen LogP contribution in [0.2, 0.25) is 0 Å². The minimum absolute atomic E-state index is 0.208. The molecule has 0 atom stereocenters. The van der Waals surface area contributed by atoms with Crippen molar-refractivity contribution in [1.82, 2.24) is 25.1 Å². The van der Waals surface area contributed by atoms with Gasteiger partial charge in [0.15, 0.2) is 0 Å². The Morgan fingerprint density at radius 3 is 2.69 bits per heavy atom. The number of hydrogen-bond acceptors (Lipinski definition) is 5. The molecule has 1 aliphatic rings. The molecule has 0 aliphatic carbocycles. The molecule has 0 radical (unpaired) electrons. The topological polar surface area (TPSA) is 77.7 Å². The normalized spacial score (nSPS) is 15.0. The second-order valence-corrected chi connectivity index (χ2v) is 8.45. The number of aromatic nitrogens is 4. The van der Waals surface area contributed by atoms with Gasteiger partial charge in [-0.2, -0.15) is 16.9 Å². The van der Waals surface area contributed by atoms with Crippen LogP contribution in [0.1, 0.15) is 5.56 Å². The Kier molecular flexibility index (Phi) is 4.91. The van der Waals surface area contributed by atoms with Gasteiger partial charge in [0.05, 0.1) is 17.0 Å². The van der Waals surface area contributed by atoms with E-state index in [0.717, 1.165) is 41.8 Å². The second-order valence-electron chi connectivity index (χ2n) is 7.23. The Balaban J connectivity index is 1.48. The van der Waals surface area contributed by atoms with Gasteiger partial charge < -0.3 is 4.98 Å². The standard InChI is InChI=1S/C22H21N5OS/c28-22-18(13-20(25-26-22)16-3-5-23-6-4-16)21-12-17-2-1-15(11-19(17)24-21)14-27-7-9-29-10-8-27/h1-6,11-13,24H,7-10,14H2,(H,26,28). The van der Waals surface area contributed by atoms with Crippen molar-refractivity contribution in [2.24, 2.45) is 0 Å². The lowest BCUT2D eigenvalue weighted by Gasteiger charge is -2.26. The lowest BCUT2D eigenvalue weighted by atomic mass is 10.1. The number of nitrogens with zero attached hydrogens (tertiary/aromatic N) is 3. The fourth-order valence-corrected chi connectivity index (χ4v) is 4.69. The molecule has 1 saturated heterocycles. The number of rotatable bonds is 4. The zero-order chi connectivity index (χ0) is 19.6. The van der Waals surface area contributed by atoms with Crippen molar-refractivity contribution in [3.8, 4) is 22.5 Å². The number of benzene rings is 1. The van der Waals surface area contributed by atoms with Crippen molar-refractivity contribution >= 4 is 22.7 Å². The quantitative estimate of drug-likeness (QED) is 0.545. The van der Waals surface area contributed by atoms with E-state index >= 15 is 0 Å². The van der Waals surface area contributed by atoms with Crippen LogP contribution in [0.25, 0.3) is 33.4 Å². The molecule has 0 saturated carbocycles. The molecule has 29 heavy (non-hydrogen) atoms. The summed E-state index contributed by atoms with van der Waals surface area (Å²) < 4.78 is 0. The first-order valence-electron chi connectivity index (χ1n) is 9.68. The first-order valence-corrected chi connectivity index (χ1v) is 10.8. The van der Waals surface area contributed by atoms with E-state index in [0.29, 0.717) is 11.3 Å². The maximum absolute atomic E-state index is 12.5. The Morgan fingerprint density at radius 1 is 1.03 bits per heavy atom. The maximum Gasteiger partial charge on any atom is 0.273 e. The van der Waals surface area contributed by atoms with Crippen molar-refractivity contribution < 1.29 is 0 Å². The van der Waals surface area contributed by atoms with Crippen LogP contribution in [0.4, 0.5) is 0 Å². The molecule has 1 aromatic carbocycles. The van der Waals surface area contributed by atoms with Gasteiger partial charge >= 0.3 is 0 Å². The minimum atomic E-state index is -0.208. The lowest BCUT2D eigenvalue weighted by Crippen LogP contribution is -2.31. The van der Waals surface area contributed by atoms with Gasteiger partial charge in [0, 0.05) is 60.0 Å². The number of fused-ring (bicyclic) bond motifs is 1. The molecule has 3 aromatic heterocycles. The Morgan fingerprint density at radius 2 is 1.86 bits per heavy atom. The largest absolute Gasteiger partial charge is 0.354 e. The van der Waals surface area contributed by atoms with E-state index in [1.165, 1.54) is 17.1 Å². The lowest BCUT2D eigenvalue weighted by molar-refractivity contribution is 0.295. The molecule has 0 amide bonds. The molecule has 1 aliphatic heterocycles. The van der Waals surface area contributed by atoms with E-state index in [1.807, 2.05) is 36.0 Å². The van der Waals surface area contributed by atoms with Crippen molar-refractivity contribution in [3.05, 3.63) is 70.8 Å². The molecule has 0 unspecified atom stereocenters. The molecule has 0 bridgehead atoms. The van der Waals surface area contributed by atoms with Crippen LogP contribution in [0.3, 0.4) is 0 Å². The van der Waals surface area contributed by atoms with Crippen LogP contribution in [0.5, 0.6) is 0 Å². The third-order valence-corrected chi connectivity index (χ3v) is 6.21. The summed E-state index contributed by atoms with van der Waals surface area (Å²) in [6, 6.07) is 14.1. The average Bonchev–Trinajstić information content (AvgIpc) is 3.18. The highest BCUT2D eigenvalue weighted by molar-refractivity contribution is 7.99. The summed E-state index contributed by atoms with van der Waals surface area (Å²) in [5.41, 5.74) is 5.13. The van der Waals surface area contributed by atoms with Crippen molar-refractivity contribution in [2.75, 3.05) is 24.6 Å². The Labute approximate surface area is 172 Å². The van der Waals surface area contributed by atoms with E-state index in [1.54, 1.807) is 12.4 Å². The zero-order valence-electron chi connectivity index (χ0n) is 15.9. The molecule has 2 N–H and O–H groups in total. The van der Waals surface area contributed by atoms with Gasteiger partial charge in [-0.05, 0) is 35.9 Å². The van der Waals surface area contributed by atoms with Gasteiger partial charge in [-0.15, -0.1) is 0 Å². The summed E-state index contributed by atoms with van der Waals surface area (Å²) in [4.78, 5) is 22.4. The highest BCUT2D eigenvalue weighted by Gasteiger charge is 2.13. The smallest absolute Gasteiger partial charge is 0.273 e. The molecule has 6 nitrogen and oxygen atoms in total. The van der Waals surface area contributed by atoms with Crippen LogP contribution >= 0.6 is 11.8 Å². The third kappa shape index (κ3) is 3.83. The van der Waals surface area contributed by atoms with Crippen molar-refractivity contribution in [2.45, 2.75) is 6.54 Å². The Hall–Kier alpha value is -2.90. The first-order chi connectivity index (χ1) is 14.3. The summed E-state index contributed by atoms with van der Waals surface area (Å²) in [5.74, 6) is 2.42. The monoisotopic (exact) mass is 403 g/mol. The molecule has 5 rings (SSSR count). The molecule has 4 heterocycles. The van der Waals surface area contributed by atoms with Crippen LogP contribution in [-0.2, 0) is 6.54 Å². The van der Waals surface area contributed by atoms with Gasteiger partial charge in [-0.1, -0.05) is 12.1 Å². The highest BCUT2D eigenvalue weighted by Crippen LogP contribution is 2.26. The maximum atomic E-state index is 12.5. The van der Waals surface area contributed by atoms with E-state index < -0.39 is 0 Å². The van der Waals surface area contributed by atoms with E-state index in [4.69, 9.17) is 0 Å². The number of nitrogens with one attached hydrogen (secondary N) is 2. The van der Waals surface area contributed by atoms with Crippen LogP contribution in [0, 0.1) is 0 Å². The number of thioether (sulfide) groups is 1. The number of aromatic amines is 2. The van der Waals surface area contributed by atoms with E-state index in [9.17, 15) is 4.79 Å². The highest BCUT2D eigenvalue weighted by atomic mass is 32.2. The van der Waals surface area contributed by atoms with Crippen molar-refractivity contribution in [1.29, 1.82) is 0 Å². The fraction of sp³-hybridized carbons (Fsp3) is 0.227. The van der Waals surface area contributed by atoms with Gasteiger partial charge in [0.2, 0.25) is 0 Å². The molecular formula is C22H21N5OS. The third-order valence-electron chi connectivity index (χ3n) is 5.27. The number of H-pyrrole nitrogens is 2. The number of hydrogen-bond donors (Lipinski definition) is 2. The summed E-state index contributed by atoms with van der Waals surface area (Å²) >= 11 is 2.02. The predicted octanol–water partition coefficient (Wildman–Crippen LogP) is 3.53. The Bertz CT molecular complexity index is 1190. The molecular weight excluding hydrogens is 382 g/mol. The average molecular weight is 404 g/mol. The van der Waals surface area contributed by atoms with Gasteiger partial charge in [-0.3, -0.25) is 14.7 Å². The molecule has 1 fully saturated rings. The summed E-state index contributed by atoms with van der Waals surface area (Å²) in [7, 11) is 0. The van der Waals surface area contributed by atoms with Crippen molar-refractivity contribution in [3.63, 3.8) is 0 Å². The van der Waals surface area contributed by atoms with Crippen LogP contribution < -0.4 is 5.56 Å². The number of pyridine rings is 1. The molecule has 146 valence electrons. The predicted molar refractivity (Wildman–Crippen MR) is 118 cm³/mol. The molecule has 7 heteroatoms. The second kappa shape index (κ2) is 7.85. The fourth-order valence-electron chi connectivity index (χ4n) is 3.71.